The standard InChI is InChI=1S/C17H17Cl2NO3/c1-22-13-3-5-14(6-4-13)23-9-8-20-17(21)11-12-2-7-15(18)16(19)10-12/h2-7,10H,8-9,11H2,1H3,(H,20,21). The Balaban J connectivity index is 1.70. The first-order chi connectivity index (χ1) is 11.1. The molecule has 0 aliphatic carbocycles. The molecule has 0 saturated carbocycles. The molecule has 0 bridgehead atoms. The van der Waals surface area contributed by atoms with Crippen LogP contribution in [0.5, 0.6) is 11.5 Å². The Kier molecular flexibility index (Phi) is 6.56. The Morgan fingerprint density at radius 2 is 1.74 bits per heavy atom. The van der Waals surface area contributed by atoms with E-state index in [0.717, 1.165) is 17.1 Å². The van der Waals surface area contributed by atoms with Crippen LogP contribution < -0.4 is 14.8 Å². The first-order valence-corrected chi connectivity index (χ1v) is 7.81. The third-order valence-corrected chi connectivity index (χ3v) is 3.84. The highest BCUT2D eigenvalue weighted by molar-refractivity contribution is 6.42. The van der Waals surface area contributed by atoms with Crippen LogP contribution in [-0.2, 0) is 11.2 Å². The molecule has 0 saturated heterocycles. The third-order valence-electron chi connectivity index (χ3n) is 3.10. The van der Waals surface area contributed by atoms with Crippen molar-refractivity contribution in [3.63, 3.8) is 0 Å². The van der Waals surface area contributed by atoms with Crippen LogP contribution in [0.3, 0.4) is 0 Å². The Morgan fingerprint density at radius 3 is 2.39 bits per heavy atom. The van der Waals surface area contributed by atoms with Gasteiger partial charge in [0.2, 0.25) is 5.91 Å². The van der Waals surface area contributed by atoms with Gasteiger partial charge in [-0.1, -0.05) is 29.3 Å². The highest BCUT2D eigenvalue weighted by Gasteiger charge is 2.05. The van der Waals surface area contributed by atoms with Gasteiger partial charge in [-0.25, -0.2) is 0 Å². The van der Waals surface area contributed by atoms with Crippen LogP contribution in [0.1, 0.15) is 5.56 Å². The van der Waals surface area contributed by atoms with Crippen molar-refractivity contribution < 1.29 is 14.3 Å². The summed E-state index contributed by atoms with van der Waals surface area (Å²) in [4.78, 5) is 11.8. The van der Waals surface area contributed by atoms with Gasteiger partial charge in [0.25, 0.3) is 0 Å². The molecule has 23 heavy (non-hydrogen) atoms. The summed E-state index contributed by atoms with van der Waals surface area (Å²) < 4.78 is 10.6. The summed E-state index contributed by atoms with van der Waals surface area (Å²) in [6, 6.07) is 12.4. The maximum absolute atomic E-state index is 11.8. The fourth-order valence-electron chi connectivity index (χ4n) is 1.93. The topological polar surface area (TPSA) is 47.6 Å². The predicted molar refractivity (Wildman–Crippen MR) is 91.7 cm³/mol. The molecule has 0 spiro atoms. The van der Waals surface area contributed by atoms with E-state index < -0.39 is 0 Å². The Bertz CT molecular complexity index is 659. The lowest BCUT2D eigenvalue weighted by Gasteiger charge is -2.09. The van der Waals surface area contributed by atoms with Crippen LogP contribution >= 0.6 is 23.2 Å². The Hall–Kier alpha value is -1.91. The molecule has 0 heterocycles. The lowest BCUT2D eigenvalue weighted by molar-refractivity contribution is -0.120. The molecule has 0 radical (unpaired) electrons. The molecule has 0 aromatic heterocycles. The minimum absolute atomic E-state index is 0.0956. The number of carbonyl (C=O) groups is 1. The van der Waals surface area contributed by atoms with E-state index in [0.29, 0.717) is 23.2 Å². The van der Waals surface area contributed by atoms with Gasteiger partial charge in [-0.2, -0.15) is 0 Å². The van der Waals surface area contributed by atoms with Gasteiger partial charge >= 0.3 is 0 Å². The number of halogens is 2. The van der Waals surface area contributed by atoms with Crippen molar-refractivity contribution in [3.05, 3.63) is 58.1 Å². The van der Waals surface area contributed by atoms with Crippen molar-refractivity contribution in [2.75, 3.05) is 20.3 Å². The first-order valence-electron chi connectivity index (χ1n) is 7.06. The van der Waals surface area contributed by atoms with Gasteiger partial charge in [0.05, 0.1) is 30.1 Å². The second kappa shape index (κ2) is 8.65. The Morgan fingerprint density at radius 1 is 1.04 bits per heavy atom. The molecule has 0 atom stereocenters. The summed E-state index contributed by atoms with van der Waals surface area (Å²) in [6.07, 6.45) is 0.249. The summed E-state index contributed by atoms with van der Waals surface area (Å²) in [5, 5.41) is 3.71. The molecule has 2 aromatic rings. The predicted octanol–water partition coefficient (Wildman–Crippen LogP) is 3.74. The molecule has 2 aromatic carbocycles. The van der Waals surface area contributed by atoms with Gasteiger partial charge in [0, 0.05) is 0 Å². The molecular formula is C17H17Cl2NO3. The molecule has 1 N–H and O–H groups in total. The normalized spacial score (nSPS) is 10.2. The number of nitrogens with one attached hydrogen (secondary N) is 1. The molecule has 2 rings (SSSR count). The lowest BCUT2D eigenvalue weighted by atomic mass is 10.1. The summed E-state index contributed by atoms with van der Waals surface area (Å²) in [5.41, 5.74) is 0.813. The van der Waals surface area contributed by atoms with E-state index in [1.165, 1.54) is 0 Å². The molecule has 1 amide bonds. The highest BCUT2D eigenvalue weighted by Crippen LogP contribution is 2.22. The zero-order chi connectivity index (χ0) is 16.7. The summed E-state index contributed by atoms with van der Waals surface area (Å²) >= 11 is 11.8. The highest BCUT2D eigenvalue weighted by atomic mass is 35.5. The molecule has 0 aliphatic rings. The van der Waals surface area contributed by atoms with Gasteiger partial charge in [-0.05, 0) is 42.0 Å². The van der Waals surface area contributed by atoms with Crippen molar-refractivity contribution >= 4 is 29.1 Å². The van der Waals surface area contributed by atoms with Crippen LogP contribution in [0.15, 0.2) is 42.5 Å². The van der Waals surface area contributed by atoms with Gasteiger partial charge in [-0.3, -0.25) is 4.79 Å². The van der Waals surface area contributed by atoms with Gasteiger partial charge in [0.1, 0.15) is 18.1 Å². The smallest absolute Gasteiger partial charge is 0.224 e. The average Bonchev–Trinajstić information content (AvgIpc) is 2.55. The third kappa shape index (κ3) is 5.66. The van der Waals surface area contributed by atoms with Crippen molar-refractivity contribution in [3.8, 4) is 11.5 Å². The van der Waals surface area contributed by atoms with Gasteiger partial charge in [0.15, 0.2) is 0 Å². The number of benzene rings is 2. The van der Waals surface area contributed by atoms with Crippen molar-refractivity contribution in [1.29, 1.82) is 0 Å². The van der Waals surface area contributed by atoms with E-state index in [-0.39, 0.29) is 12.3 Å². The summed E-state index contributed by atoms with van der Waals surface area (Å²) in [7, 11) is 1.61. The SMILES string of the molecule is COc1ccc(OCCNC(=O)Cc2ccc(Cl)c(Cl)c2)cc1. The largest absolute Gasteiger partial charge is 0.497 e. The number of hydrogen-bond acceptors (Lipinski definition) is 3. The number of hydrogen-bond donors (Lipinski definition) is 1. The van der Waals surface area contributed by atoms with Crippen LogP contribution in [0.2, 0.25) is 10.0 Å². The quantitative estimate of drug-likeness (QED) is 0.771. The van der Waals surface area contributed by atoms with Crippen LogP contribution in [0.25, 0.3) is 0 Å². The number of rotatable bonds is 7. The molecule has 6 heteroatoms. The fourth-order valence-corrected chi connectivity index (χ4v) is 2.25. The lowest BCUT2D eigenvalue weighted by Crippen LogP contribution is -2.29. The zero-order valence-corrected chi connectivity index (χ0v) is 14.2. The van der Waals surface area contributed by atoms with E-state index in [4.69, 9.17) is 32.7 Å². The van der Waals surface area contributed by atoms with Crippen LogP contribution in [-0.4, -0.2) is 26.2 Å². The van der Waals surface area contributed by atoms with Crippen molar-refractivity contribution in [1.82, 2.24) is 5.32 Å². The fraction of sp³-hybridized carbons (Fsp3) is 0.235. The van der Waals surface area contributed by atoms with Crippen molar-refractivity contribution in [2.24, 2.45) is 0 Å². The van der Waals surface area contributed by atoms with Gasteiger partial charge in [-0.15, -0.1) is 0 Å². The first kappa shape index (κ1) is 17.4. The second-order valence-corrected chi connectivity index (χ2v) is 5.61. The minimum Gasteiger partial charge on any atom is -0.497 e. The number of methoxy groups -OCH3 is 1. The van der Waals surface area contributed by atoms with Crippen molar-refractivity contribution in [2.45, 2.75) is 6.42 Å². The molecule has 0 unspecified atom stereocenters. The molecule has 122 valence electrons. The van der Waals surface area contributed by atoms with E-state index >= 15 is 0 Å². The van der Waals surface area contributed by atoms with E-state index in [1.807, 2.05) is 24.3 Å². The monoisotopic (exact) mass is 353 g/mol. The molecule has 0 aliphatic heterocycles. The molecule has 0 fully saturated rings. The number of ether oxygens (including phenoxy) is 2. The average molecular weight is 354 g/mol. The van der Waals surface area contributed by atoms with E-state index in [2.05, 4.69) is 5.32 Å². The maximum atomic E-state index is 11.8. The zero-order valence-electron chi connectivity index (χ0n) is 12.6. The van der Waals surface area contributed by atoms with Gasteiger partial charge < -0.3 is 14.8 Å². The van der Waals surface area contributed by atoms with Crippen LogP contribution in [0.4, 0.5) is 0 Å². The van der Waals surface area contributed by atoms with E-state index in [1.54, 1.807) is 25.3 Å². The summed E-state index contributed by atoms with van der Waals surface area (Å²) in [6.45, 7) is 0.811. The number of carbonyl (C=O) groups excluding carboxylic acids is 1. The Labute approximate surface area is 145 Å². The maximum Gasteiger partial charge on any atom is 0.224 e. The second-order valence-electron chi connectivity index (χ2n) is 4.80. The van der Waals surface area contributed by atoms with E-state index in [9.17, 15) is 4.79 Å². The van der Waals surface area contributed by atoms with Crippen LogP contribution in [0, 0.1) is 0 Å². The summed E-state index contributed by atoms with van der Waals surface area (Å²) in [5.74, 6) is 1.40. The molecule has 4 nitrogen and oxygen atoms in total. The molecular weight excluding hydrogens is 337 g/mol. The number of amides is 1. The minimum atomic E-state index is -0.0956.